The molecule has 3 aromatic rings. The molecular formula is C28H27N3O4S. The molecule has 0 bridgehead atoms. The summed E-state index contributed by atoms with van der Waals surface area (Å²) < 4.78 is 4.99. The summed E-state index contributed by atoms with van der Waals surface area (Å²) in [7, 11) is 0. The zero-order valence-electron chi connectivity index (χ0n) is 19.9. The van der Waals surface area contributed by atoms with Crippen molar-refractivity contribution in [3.05, 3.63) is 96.1 Å². The van der Waals surface area contributed by atoms with Crippen LogP contribution in [-0.2, 0) is 20.7 Å². The van der Waals surface area contributed by atoms with Gasteiger partial charge in [-0.05, 0) is 55.3 Å². The molecule has 1 heterocycles. The third-order valence-electron chi connectivity index (χ3n) is 5.54. The molecule has 0 aliphatic carbocycles. The average Bonchev–Trinajstić information content (AvgIpc) is 2.90. The van der Waals surface area contributed by atoms with Crippen LogP contribution in [0.4, 0.5) is 11.4 Å². The zero-order chi connectivity index (χ0) is 25.3. The van der Waals surface area contributed by atoms with Gasteiger partial charge >= 0.3 is 5.97 Å². The minimum Gasteiger partial charge on any atom is -0.462 e. The minimum atomic E-state index is -0.627. The standard InChI is InChI=1S/C28H27N3O4S/c1-2-35-27(34)21-13-15-23(16-14-21)29-26(33)24-19-25(32)31(18-17-20-9-5-3-6-10-20)28(36-24)30-22-11-7-4-8-12-22/h3-16,24H,2,17-19H2,1H3,(H,29,33)/t24-/m1/s1. The molecule has 8 heteroatoms. The number of nitrogens with zero attached hydrogens (tertiary/aromatic N) is 2. The molecule has 1 atom stereocenters. The number of ether oxygens (including phenoxy) is 1. The lowest BCUT2D eigenvalue weighted by Gasteiger charge is -2.32. The Morgan fingerprint density at radius 3 is 2.33 bits per heavy atom. The van der Waals surface area contributed by atoms with Crippen molar-refractivity contribution in [1.29, 1.82) is 0 Å². The second-order valence-corrected chi connectivity index (χ2v) is 9.28. The van der Waals surface area contributed by atoms with Crippen molar-refractivity contribution in [3.63, 3.8) is 0 Å². The molecule has 7 nitrogen and oxygen atoms in total. The molecule has 0 spiro atoms. The van der Waals surface area contributed by atoms with Crippen molar-refractivity contribution < 1.29 is 19.1 Å². The predicted octanol–water partition coefficient (Wildman–Crippen LogP) is 5.07. The maximum Gasteiger partial charge on any atom is 0.338 e. The molecule has 0 saturated carbocycles. The van der Waals surface area contributed by atoms with Gasteiger partial charge < -0.3 is 10.1 Å². The first-order chi connectivity index (χ1) is 17.5. The van der Waals surface area contributed by atoms with Crippen LogP contribution in [0.5, 0.6) is 0 Å². The average molecular weight is 502 g/mol. The Kier molecular flexibility index (Phi) is 8.52. The highest BCUT2D eigenvalue weighted by molar-refractivity contribution is 8.15. The van der Waals surface area contributed by atoms with Crippen LogP contribution in [0.3, 0.4) is 0 Å². The van der Waals surface area contributed by atoms with E-state index < -0.39 is 11.2 Å². The number of thioether (sulfide) groups is 1. The van der Waals surface area contributed by atoms with Crippen LogP contribution in [0.1, 0.15) is 29.3 Å². The number of hydrogen-bond donors (Lipinski definition) is 1. The number of para-hydroxylation sites is 1. The van der Waals surface area contributed by atoms with E-state index in [-0.39, 0.29) is 18.2 Å². The van der Waals surface area contributed by atoms with Gasteiger partial charge in [0.25, 0.3) is 0 Å². The maximum absolute atomic E-state index is 13.2. The van der Waals surface area contributed by atoms with Gasteiger partial charge in [0.05, 0.1) is 17.9 Å². The monoisotopic (exact) mass is 501 g/mol. The van der Waals surface area contributed by atoms with Gasteiger partial charge in [0.2, 0.25) is 11.8 Å². The van der Waals surface area contributed by atoms with E-state index in [2.05, 4.69) is 5.32 Å². The fourth-order valence-electron chi connectivity index (χ4n) is 3.69. The first-order valence-electron chi connectivity index (χ1n) is 11.8. The normalized spacial score (nSPS) is 16.6. The summed E-state index contributed by atoms with van der Waals surface area (Å²) in [4.78, 5) is 44.5. The Morgan fingerprint density at radius 1 is 1.00 bits per heavy atom. The molecule has 1 aliphatic rings. The molecule has 0 unspecified atom stereocenters. The van der Waals surface area contributed by atoms with Gasteiger partial charge in [-0.25, -0.2) is 9.79 Å². The number of carbonyl (C=O) groups excluding carboxylic acids is 3. The molecule has 4 rings (SSSR count). The van der Waals surface area contributed by atoms with Gasteiger partial charge in [-0.1, -0.05) is 60.3 Å². The Hall–Kier alpha value is -3.91. The lowest BCUT2D eigenvalue weighted by atomic mass is 10.1. The molecule has 36 heavy (non-hydrogen) atoms. The smallest absolute Gasteiger partial charge is 0.338 e. The Labute approximate surface area is 214 Å². The number of amidine groups is 1. The highest BCUT2D eigenvalue weighted by Gasteiger charge is 2.35. The van der Waals surface area contributed by atoms with E-state index in [4.69, 9.17) is 9.73 Å². The molecular weight excluding hydrogens is 474 g/mol. The van der Waals surface area contributed by atoms with E-state index in [1.165, 1.54) is 11.8 Å². The molecule has 0 aromatic heterocycles. The molecule has 0 radical (unpaired) electrons. The number of nitrogens with one attached hydrogen (secondary N) is 1. The quantitative estimate of drug-likeness (QED) is 0.436. The van der Waals surface area contributed by atoms with Gasteiger partial charge in [-0.2, -0.15) is 0 Å². The second kappa shape index (κ2) is 12.2. The summed E-state index contributed by atoms with van der Waals surface area (Å²) >= 11 is 1.28. The number of carbonyl (C=O) groups is 3. The van der Waals surface area contributed by atoms with Gasteiger partial charge in [-0.3, -0.25) is 14.5 Å². The van der Waals surface area contributed by atoms with Crippen molar-refractivity contribution >= 4 is 46.1 Å². The summed E-state index contributed by atoms with van der Waals surface area (Å²) in [6.45, 7) is 2.51. The largest absolute Gasteiger partial charge is 0.462 e. The van der Waals surface area contributed by atoms with Gasteiger partial charge in [0.15, 0.2) is 5.17 Å². The van der Waals surface area contributed by atoms with Gasteiger partial charge in [-0.15, -0.1) is 0 Å². The number of aliphatic imine (C=N–C) groups is 1. The van der Waals surface area contributed by atoms with Gasteiger partial charge in [0, 0.05) is 18.7 Å². The Balaban J connectivity index is 1.48. The summed E-state index contributed by atoms with van der Waals surface area (Å²) in [6, 6.07) is 25.8. The van der Waals surface area contributed by atoms with Crippen LogP contribution in [-0.4, -0.2) is 46.3 Å². The van der Waals surface area contributed by atoms with Gasteiger partial charge in [0.1, 0.15) is 5.25 Å². The molecule has 3 aromatic carbocycles. The first kappa shape index (κ1) is 25.2. The molecule has 1 N–H and O–H groups in total. The summed E-state index contributed by atoms with van der Waals surface area (Å²) in [5.74, 6) is -0.848. The van der Waals surface area contributed by atoms with E-state index in [0.717, 1.165) is 5.56 Å². The summed E-state index contributed by atoms with van der Waals surface area (Å²) in [6.07, 6.45) is 0.755. The highest BCUT2D eigenvalue weighted by Crippen LogP contribution is 2.30. The molecule has 1 fully saturated rings. The number of benzene rings is 3. The lowest BCUT2D eigenvalue weighted by molar-refractivity contribution is -0.129. The minimum absolute atomic E-state index is 0.0695. The number of esters is 1. The number of rotatable bonds is 8. The molecule has 1 aliphatic heterocycles. The Bertz CT molecular complexity index is 1230. The summed E-state index contributed by atoms with van der Waals surface area (Å²) in [5, 5.41) is 2.73. The van der Waals surface area contributed by atoms with E-state index in [1.807, 2.05) is 60.7 Å². The third-order valence-corrected chi connectivity index (χ3v) is 6.73. The van der Waals surface area contributed by atoms with E-state index in [0.29, 0.717) is 41.7 Å². The fraction of sp³-hybridized carbons (Fsp3) is 0.214. The van der Waals surface area contributed by atoms with E-state index in [9.17, 15) is 14.4 Å². The number of hydrogen-bond acceptors (Lipinski definition) is 6. The maximum atomic E-state index is 13.2. The van der Waals surface area contributed by atoms with Crippen LogP contribution in [0.2, 0.25) is 0 Å². The van der Waals surface area contributed by atoms with Crippen LogP contribution >= 0.6 is 11.8 Å². The number of anilines is 1. The van der Waals surface area contributed by atoms with Crippen LogP contribution < -0.4 is 5.32 Å². The number of amides is 2. The Morgan fingerprint density at radius 2 is 1.67 bits per heavy atom. The van der Waals surface area contributed by atoms with Crippen LogP contribution in [0.15, 0.2) is 89.9 Å². The van der Waals surface area contributed by atoms with Crippen LogP contribution in [0.25, 0.3) is 0 Å². The first-order valence-corrected chi connectivity index (χ1v) is 12.6. The van der Waals surface area contributed by atoms with Crippen molar-refractivity contribution in [2.75, 3.05) is 18.5 Å². The predicted molar refractivity (Wildman–Crippen MR) is 142 cm³/mol. The van der Waals surface area contributed by atoms with Crippen molar-refractivity contribution in [3.8, 4) is 0 Å². The molecule has 184 valence electrons. The lowest BCUT2D eigenvalue weighted by Crippen LogP contribution is -2.46. The summed E-state index contributed by atoms with van der Waals surface area (Å²) in [5.41, 5.74) is 2.78. The SMILES string of the molecule is CCOC(=O)c1ccc(NC(=O)[C@H]2CC(=O)N(CCc3ccccc3)C(=Nc3ccccc3)S2)cc1. The van der Waals surface area contributed by atoms with Crippen molar-refractivity contribution in [2.24, 2.45) is 4.99 Å². The zero-order valence-corrected chi connectivity index (χ0v) is 20.7. The van der Waals surface area contributed by atoms with Crippen molar-refractivity contribution in [1.82, 2.24) is 4.90 Å². The van der Waals surface area contributed by atoms with E-state index in [1.54, 1.807) is 36.1 Å². The topological polar surface area (TPSA) is 88.1 Å². The van der Waals surface area contributed by atoms with Crippen molar-refractivity contribution in [2.45, 2.75) is 25.0 Å². The molecule has 1 saturated heterocycles. The second-order valence-electron chi connectivity index (χ2n) is 8.11. The third kappa shape index (κ3) is 6.60. The fourth-order valence-corrected chi connectivity index (χ4v) is 4.81. The molecule has 2 amide bonds. The van der Waals surface area contributed by atoms with E-state index >= 15 is 0 Å². The van der Waals surface area contributed by atoms with Crippen LogP contribution in [0, 0.1) is 0 Å². The highest BCUT2D eigenvalue weighted by atomic mass is 32.2.